The van der Waals surface area contributed by atoms with Gasteiger partial charge in [0.2, 0.25) is 5.88 Å². The fraction of sp³-hybridized carbons (Fsp3) is 0.455. The first-order valence-electron chi connectivity index (χ1n) is 14.5. The van der Waals surface area contributed by atoms with Crippen LogP contribution in [0.3, 0.4) is 0 Å². The van der Waals surface area contributed by atoms with E-state index in [-0.39, 0.29) is 41.5 Å². The van der Waals surface area contributed by atoms with Crippen LogP contribution in [0.1, 0.15) is 73.8 Å². The van der Waals surface area contributed by atoms with Gasteiger partial charge in [-0.3, -0.25) is 4.90 Å². The maximum atomic E-state index is 14.9. The summed E-state index contributed by atoms with van der Waals surface area (Å²) >= 11 is 0. The van der Waals surface area contributed by atoms with Gasteiger partial charge in [-0.1, -0.05) is 56.5 Å². The largest absolute Gasteiger partial charge is 1.00 e. The van der Waals surface area contributed by atoms with Crippen molar-refractivity contribution in [3.8, 4) is 22.8 Å². The number of nitrogens with zero attached hydrogens (tertiary/aromatic N) is 2. The average molecular weight is 569 g/mol. The van der Waals surface area contributed by atoms with E-state index in [1.165, 1.54) is 45.4 Å². The van der Waals surface area contributed by atoms with Gasteiger partial charge < -0.3 is 19.4 Å². The first-order chi connectivity index (χ1) is 19.4. The van der Waals surface area contributed by atoms with Gasteiger partial charge in [0, 0.05) is 24.1 Å². The molecule has 1 saturated carbocycles. The minimum absolute atomic E-state index is 0. The second-order valence-electron chi connectivity index (χ2n) is 11.2. The summed E-state index contributed by atoms with van der Waals surface area (Å²) in [5.41, 5.74) is 5.47. The van der Waals surface area contributed by atoms with E-state index in [0.717, 1.165) is 66.0 Å². The number of carbonyl (C=O) groups excluding carboxylic acids is 1. The Kier molecular flexibility index (Phi) is 11.2. The number of aryl methyl sites for hydroxylation is 1. The van der Waals surface area contributed by atoms with Crippen LogP contribution in [0, 0.1) is 11.7 Å². The number of halogens is 1. The quantitative estimate of drug-likeness (QED) is 0.389. The molecule has 2 atom stereocenters. The van der Waals surface area contributed by atoms with E-state index in [4.69, 9.17) is 9.47 Å². The molecule has 0 radical (unpaired) electrons. The summed E-state index contributed by atoms with van der Waals surface area (Å²) in [6, 6.07) is 13.8. The summed E-state index contributed by atoms with van der Waals surface area (Å²) in [7, 11) is 1.53. The Morgan fingerprint density at radius 1 is 1.10 bits per heavy atom. The third kappa shape index (κ3) is 8.31. The summed E-state index contributed by atoms with van der Waals surface area (Å²) < 4.78 is 26.6. The van der Waals surface area contributed by atoms with Gasteiger partial charge >= 0.3 is 29.6 Å². The summed E-state index contributed by atoms with van der Waals surface area (Å²) in [6.45, 7) is 4.46. The van der Waals surface area contributed by atoms with Gasteiger partial charge in [-0.2, -0.15) is 0 Å². The normalized spacial score (nSPS) is 18.2. The van der Waals surface area contributed by atoms with E-state index in [1.807, 2.05) is 30.3 Å². The van der Waals surface area contributed by atoms with E-state index in [2.05, 4.69) is 16.0 Å². The summed E-state index contributed by atoms with van der Waals surface area (Å²) in [5, 5.41) is 11.2. The fourth-order valence-corrected chi connectivity index (χ4v) is 5.34. The zero-order chi connectivity index (χ0) is 28.1. The smallest absolute Gasteiger partial charge is 0.550 e. The van der Waals surface area contributed by atoms with E-state index in [0.29, 0.717) is 17.9 Å². The van der Waals surface area contributed by atoms with Gasteiger partial charge in [0.05, 0.1) is 13.3 Å². The molecule has 2 aromatic carbocycles. The molecule has 3 aromatic rings. The maximum Gasteiger partial charge on any atom is 1.00 e. The van der Waals surface area contributed by atoms with Crippen LogP contribution in [0.2, 0.25) is 0 Å². The van der Waals surface area contributed by atoms with E-state index in [9.17, 15) is 14.3 Å². The number of carbonyl (C=O) groups is 1. The van der Waals surface area contributed by atoms with Crippen molar-refractivity contribution in [1.82, 2.24) is 9.88 Å². The van der Waals surface area contributed by atoms with Gasteiger partial charge in [0.25, 0.3) is 0 Å². The number of ether oxygens (including phenoxy) is 2. The number of methoxy groups -OCH3 is 1. The van der Waals surface area contributed by atoms with E-state index >= 15 is 0 Å². The van der Waals surface area contributed by atoms with Crippen molar-refractivity contribution in [1.29, 1.82) is 0 Å². The van der Waals surface area contributed by atoms with Crippen LogP contribution in [-0.2, 0) is 24.2 Å². The number of carboxylic acid groups (broad SMARTS) is 1. The molecule has 6 nitrogen and oxygen atoms in total. The first kappa shape index (κ1) is 31.5. The first-order valence-corrected chi connectivity index (χ1v) is 14.5. The number of hydrogen-bond acceptors (Lipinski definition) is 6. The van der Waals surface area contributed by atoms with Crippen molar-refractivity contribution in [2.75, 3.05) is 20.2 Å². The Morgan fingerprint density at radius 3 is 2.54 bits per heavy atom. The van der Waals surface area contributed by atoms with Crippen LogP contribution in [0.25, 0.3) is 11.1 Å². The topological polar surface area (TPSA) is 74.7 Å². The van der Waals surface area contributed by atoms with Crippen molar-refractivity contribution in [2.24, 2.45) is 5.92 Å². The summed E-state index contributed by atoms with van der Waals surface area (Å²) in [4.78, 5) is 17.6. The van der Waals surface area contributed by atoms with Crippen molar-refractivity contribution >= 4 is 5.97 Å². The number of rotatable bonds is 8. The van der Waals surface area contributed by atoms with Gasteiger partial charge in [-0.15, -0.1) is 0 Å². The Hall–Kier alpha value is -2.45. The number of aromatic nitrogens is 1. The Bertz CT molecular complexity index is 1340. The van der Waals surface area contributed by atoms with Gasteiger partial charge in [-0.05, 0) is 85.0 Å². The number of fused-ring (bicyclic) bond motifs is 1. The molecule has 1 saturated heterocycles. The van der Waals surface area contributed by atoms with Gasteiger partial charge in [0.15, 0.2) is 0 Å². The monoisotopic (exact) mass is 568 g/mol. The van der Waals surface area contributed by atoms with E-state index in [1.54, 1.807) is 13.0 Å². The van der Waals surface area contributed by atoms with Gasteiger partial charge in [-0.25, -0.2) is 9.37 Å². The molecule has 212 valence electrons. The summed E-state index contributed by atoms with van der Waals surface area (Å²) in [5.74, 6) is -0.814. The molecule has 2 aliphatic heterocycles. The third-order valence-corrected chi connectivity index (χ3v) is 7.80. The minimum atomic E-state index is -1.05. The Labute approximate surface area is 264 Å². The molecular weight excluding hydrogens is 530 g/mol. The number of carboxylic acids is 1. The number of aliphatic carboxylic acids is 1. The zero-order valence-electron chi connectivity index (χ0n) is 24.5. The molecule has 8 heteroatoms. The zero-order valence-corrected chi connectivity index (χ0v) is 26.5. The van der Waals surface area contributed by atoms with Crippen LogP contribution >= 0.6 is 0 Å². The number of likely N-dealkylation sites (tertiary alicyclic amines) is 1. The van der Waals surface area contributed by atoms with Crippen LogP contribution < -0.4 is 44.1 Å². The number of pyridine rings is 1. The summed E-state index contributed by atoms with van der Waals surface area (Å²) in [6.07, 6.45) is 10.0. The average Bonchev–Trinajstić information content (AvgIpc) is 3.77. The van der Waals surface area contributed by atoms with E-state index < -0.39 is 11.9 Å². The van der Waals surface area contributed by atoms with Crippen molar-refractivity contribution < 1.29 is 53.3 Å². The van der Waals surface area contributed by atoms with Crippen molar-refractivity contribution in [3.63, 3.8) is 0 Å². The molecule has 0 bridgehead atoms. The molecule has 2 fully saturated rings. The Balaban J connectivity index is 0.000000909. The number of hydrogen-bond donors (Lipinski definition) is 0. The molecule has 0 amide bonds. The molecule has 0 N–H and O–H groups in total. The molecule has 1 aromatic heterocycles. The molecule has 6 rings (SSSR count). The molecule has 2 unspecified atom stereocenters. The standard InChI is InChI=1S/C30H33FN2O4.C3H6.Na/c1-19(30(34)35)13-20-5-6-21-8-10-27(37-28(21)14-20)22-7-9-24(23(15-22)18-33-11-3-4-12-33)25-16-29(36-2)32-17-26(25)31;1-2-3-1;/h5-7,9,14-17,19,27H,3-4,8,10-13,18H2,1-2H3,(H,34,35);1-3H2;/q;;+1/p-1. The Morgan fingerprint density at radius 2 is 1.85 bits per heavy atom. The molecule has 3 heterocycles. The minimum Gasteiger partial charge on any atom is -0.550 e. The van der Waals surface area contributed by atoms with Crippen molar-refractivity contribution in [2.45, 2.75) is 70.9 Å². The molecular formula is C33H38FN2NaO4. The predicted molar refractivity (Wildman–Crippen MR) is 151 cm³/mol. The maximum absolute atomic E-state index is 14.9. The fourth-order valence-electron chi connectivity index (χ4n) is 5.34. The SMILES string of the molecule is C1CC1.COc1cc(-c2ccc(C3CCc4ccc(CC(C)C(=O)[O-])cc4O3)cc2CN2CCCC2)c(F)cn1.[Na+]. The van der Waals surface area contributed by atoms with Crippen molar-refractivity contribution in [3.05, 3.63) is 76.7 Å². The number of benzene rings is 2. The van der Waals surface area contributed by atoms with Gasteiger partial charge in [0.1, 0.15) is 17.7 Å². The third-order valence-electron chi connectivity index (χ3n) is 7.80. The second kappa shape index (κ2) is 14.6. The molecule has 41 heavy (non-hydrogen) atoms. The van der Waals surface area contributed by atoms with Crippen LogP contribution in [0.4, 0.5) is 4.39 Å². The van der Waals surface area contributed by atoms with Crippen LogP contribution in [0.15, 0.2) is 48.7 Å². The predicted octanol–water partition coefficient (Wildman–Crippen LogP) is 2.66. The second-order valence-corrected chi connectivity index (χ2v) is 11.2. The molecule has 3 aliphatic rings. The van der Waals surface area contributed by atoms with Crippen LogP contribution in [0.5, 0.6) is 11.6 Å². The molecule has 1 aliphatic carbocycles. The van der Waals surface area contributed by atoms with Crippen LogP contribution in [-0.4, -0.2) is 36.1 Å². The molecule has 0 spiro atoms.